The fourth-order valence-corrected chi connectivity index (χ4v) is 2.16. The molecule has 0 aromatic carbocycles. The summed E-state index contributed by atoms with van der Waals surface area (Å²) in [6.07, 6.45) is 5.79. The van der Waals surface area contributed by atoms with Gasteiger partial charge < -0.3 is 20.1 Å². The summed E-state index contributed by atoms with van der Waals surface area (Å²) in [5.74, 6) is 1.43. The van der Waals surface area contributed by atoms with E-state index in [1.807, 2.05) is 23.8 Å². The van der Waals surface area contributed by atoms with E-state index in [0.717, 1.165) is 17.9 Å². The first-order chi connectivity index (χ1) is 9.39. The summed E-state index contributed by atoms with van der Waals surface area (Å²) >= 11 is 0. The van der Waals surface area contributed by atoms with Gasteiger partial charge in [0.15, 0.2) is 11.5 Å². The zero-order chi connectivity index (χ0) is 14.8. The Balaban J connectivity index is 2.11. The van der Waals surface area contributed by atoms with Crippen molar-refractivity contribution in [3.8, 4) is 0 Å². The maximum absolute atomic E-state index is 10.1. The summed E-state index contributed by atoms with van der Waals surface area (Å²) < 4.78 is 1.90. The summed E-state index contributed by atoms with van der Waals surface area (Å²) in [6, 6.07) is 0. The Morgan fingerprint density at radius 1 is 1.40 bits per heavy atom. The molecular weight excluding hydrogens is 254 g/mol. The molecular formula is C14H23N5O. The van der Waals surface area contributed by atoms with E-state index in [1.54, 1.807) is 6.20 Å². The fourth-order valence-electron chi connectivity index (χ4n) is 2.16. The first kappa shape index (κ1) is 14.6. The molecule has 2 heterocycles. The second-order valence-corrected chi connectivity index (χ2v) is 6.18. The van der Waals surface area contributed by atoms with Gasteiger partial charge >= 0.3 is 0 Å². The lowest BCUT2D eigenvalue weighted by Crippen LogP contribution is -2.25. The Hall–Kier alpha value is -1.82. The van der Waals surface area contributed by atoms with Crippen LogP contribution >= 0.6 is 0 Å². The summed E-state index contributed by atoms with van der Waals surface area (Å²) in [7, 11) is 1.82. The number of anilines is 2. The van der Waals surface area contributed by atoms with Gasteiger partial charge in [-0.2, -0.15) is 0 Å². The topological polar surface area (TPSA) is 74.5 Å². The molecule has 0 bridgehead atoms. The van der Waals surface area contributed by atoms with Crippen LogP contribution in [-0.2, 0) is 0 Å². The Morgan fingerprint density at radius 3 is 2.80 bits per heavy atom. The highest BCUT2D eigenvalue weighted by atomic mass is 16.3. The predicted molar refractivity (Wildman–Crippen MR) is 81.1 cm³/mol. The molecule has 110 valence electrons. The van der Waals surface area contributed by atoms with Gasteiger partial charge in [-0.25, -0.2) is 9.97 Å². The van der Waals surface area contributed by atoms with E-state index >= 15 is 0 Å². The summed E-state index contributed by atoms with van der Waals surface area (Å²) in [4.78, 5) is 8.72. The zero-order valence-electron chi connectivity index (χ0n) is 12.5. The van der Waals surface area contributed by atoms with Gasteiger partial charge in [-0.05, 0) is 11.8 Å². The van der Waals surface area contributed by atoms with Crippen molar-refractivity contribution < 1.29 is 5.11 Å². The number of hydrogen-bond acceptors (Lipinski definition) is 5. The lowest BCUT2D eigenvalue weighted by molar-refractivity contribution is 0.132. The first-order valence-electron chi connectivity index (χ1n) is 6.82. The minimum absolute atomic E-state index is 0.101. The predicted octanol–water partition coefficient (Wildman–Crippen LogP) is 1.98. The Labute approximate surface area is 119 Å². The normalized spacial score (nSPS) is 13.4. The average Bonchev–Trinajstić information content (AvgIpc) is 2.81. The summed E-state index contributed by atoms with van der Waals surface area (Å²) in [5.41, 5.74) is 0.858. The third-order valence-electron chi connectivity index (χ3n) is 2.98. The van der Waals surface area contributed by atoms with Gasteiger partial charge in [0.2, 0.25) is 0 Å². The SMILES string of the molecule is CNc1cn2ccnc2c(NCC(O)CC(C)(C)C)n1. The lowest BCUT2D eigenvalue weighted by atomic mass is 9.89. The molecule has 2 aromatic rings. The maximum atomic E-state index is 10.1. The molecule has 6 nitrogen and oxygen atoms in total. The van der Waals surface area contributed by atoms with Gasteiger partial charge in [0.25, 0.3) is 0 Å². The number of fused-ring (bicyclic) bond motifs is 1. The molecule has 1 unspecified atom stereocenters. The fraction of sp³-hybridized carbons (Fsp3) is 0.571. The smallest absolute Gasteiger partial charge is 0.180 e. The van der Waals surface area contributed by atoms with Gasteiger partial charge in [-0.3, -0.25) is 0 Å². The molecule has 0 saturated heterocycles. The van der Waals surface area contributed by atoms with Crippen molar-refractivity contribution in [2.45, 2.75) is 33.3 Å². The quantitative estimate of drug-likeness (QED) is 0.779. The van der Waals surface area contributed by atoms with Gasteiger partial charge in [0.05, 0.1) is 12.3 Å². The number of aliphatic hydroxyl groups excluding tert-OH is 1. The standard InChI is InChI=1S/C14H23N5O/c1-14(2,3)7-10(20)8-17-12-13-16-5-6-19(13)9-11(15-4)18-12/h5-6,9-10,15,20H,7-8H2,1-4H3,(H,17,18). The van der Waals surface area contributed by atoms with Crippen LogP contribution in [0.3, 0.4) is 0 Å². The maximum Gasteiger partial charge on any atom is 0.180 e. The highest BCUT2D eigenvalue weighted by Crippen LogP contribution is 2.21. The van der Waals surface area contributed by atoms with Crippen LogP contribution in [0.5, 0.6) is 0 Å². The van der Waals surface area contributed by atoms with Crippen molar-refractivity contribution in [2.24, 2.45) is 5.41 Å². The van der Waals surface area contributed by atoms with Gasteiger partial charge in [-0.15, -0.1) is 0 Å². The molecule has 0 radical (unpaired) electrons. The Bertz CT molecular complexity index is 572. The highest BCUT2D eigenvalue weighted by Gasteiger charge is 2.17. The van der Waals surface area contributed by atoms with Gasteiger partial charge in [0.1, 0.15) is 5.82 Å². The van der Waals surface area contributed by atoms with Crippen LogP contribution in [0.25, 0.3) is 5.65 Å². The molecule has 0 aliphatic rings. The molecule has 0 aliphatic carbocycles. The second-order valence-electron chi connectivity index (χ2n) is 6.18. The number of aliphatic hydroxyl groups is 1. The number of nitrogens with zero attached hydrogens (tertiary/aromatic N) is 3. The van der Waals surface area contributed by atoms with Crippen molar-refractivity contribution in [1.82, 2.24) is 14.4 Å². The van der Waals surface area contributed by atoms with Crippen LogP contribution < -0.4 is 10.6 Å². The van der Waals surface area contributed by atoms with Crippen LogP contribution in [0.1, 0.15) is 27.2 Å². The molecule has 0 amide bonds. The molecule has 0 fully saturated rings. The van der Waals surface area contributed by atoms with Crippen LogP contribution in [0.2, 0.25) is 0 Å². The van der Waals surface area contributed by atoms with Crippen molar-refractivity contribution in [3.63, 3.8) is 0 Å². The second kappa shape index (κ2) is 5.66. The zero-order valence-corrected chi connectivity index (χ0v) is 12.5. The van der Waals surface area contributed by atoms with Gasteiger partial charge in [-0.1, -0.05) is 20.8 Å². The van der Waals surface area contributed by atoms with Crippen LogP contribution in [0.4, 0.5) is 11.6 Å². The monoisotopic (exact) mass is 277 g/mol. The van der Waals surface area contributed by atoms with E-state index < -0.39 is 6.10 Å². The Morgan fingerprint density at radius 2 is 2.15 bits per heavy atom. The number of hydrogen-bond donors (Lipinski definition) is 3. The number of nitrogens with one attached hydrogen (secondary N) is 2. The van der Waals surface area contributed by atoms with Crippen LogP contribution in [0.15, 0.2) is 18.6 Å². The Kier molecular flexibility index (Phi) is 4.13. The van der Waals surface area contributed by atoms with E-state index in [-0.39, 0.29) is 5.41 Å². The van der Waals surface area contributed by atoms with Crippen molar-refractivity contribution in [1.29, 1.82) is 0 Å². The van der Waals surface area contributed by atoms with E-state index in [4.69, 9.17) is 0 Å². The van der Waals surface area contributed by atoms with Crippen LogP contribution in [-0.4, -0.2) is 39.2 Å². The molecule has 0 aliphatic heterocycles. The summed E-state index contributed by atoms with van der Waals surface area (Å²) in [5, 5.41) is 16.3. The minimum atomic E-state index is -0.412. The van der Waals surface area contributed by atoms with Crippen molar-refractivity contribution in [2.75, 3.05) is 24.2 Å². The van der Waals surface area contributed by atoms with Crippen LogP contribution in [0, 0.1) is 5.41 Å². The van der Waals surface area contributed by atoms with Crippen molar-refractivity contribution >= 4 is 17.3 Å². The molecule has 2 rings (SSSR count). The summed E-state index contributed by atoms with van der Waals surface area (Å²) in [6.45, 7) is 6.80. The van der Waals surface area contributed by atoms with Gasteiger partial charge in [0, 0.05) is 26.0 Å². The molecule has 0 saturated carbocycles. The molecule has 20 heavy (non-hydrogen) atoms. The molecule has 1 atom stereocenters. The third-order valence-corrected chi connectivity index (χ3v) is 2.98. The third kappa shape index (κ3) is 3.60. The largest absolute Gasteiger partial charge is 0.391 e. The molecule has 2 aromatic heterocycles. The van der Waals surface area contributed by atoms with E-state index in [0.29, 0.717) is 12.4 Å². The highest BCUT2D eigenvalue weighted by molar-refractivity contribution is 5.65. The average molecular weight is 277 g/mol. The number of imidazole rings is 1. The lowest BCUT2D eigenvalue weighted by Gasteiger charge is -2.22. The number of rotatable bonds is 5. The first-order valence-corrected chi connectivity index (χ1v) is 6.82. The molecule has 0 spiro atoms. The van der Waals surface area contributed by atoms with Crippen molar-refractivity contribution in [3.05, 3.63) is 18.6 Å². The minimum Gasteiger partial charge on any atom is -0.391 e. The molecule has 3 N–H and O–H groups in total. The van der Waals surface area contributed by atoms with E-state index in [1.165, 1.54) is 0 Å². The van der Waals surface area contributed by atoms with E-state index in [9.17, 15) is 5.11 Å². The van der Waals surface area contributed by atoms with E-state index in [2.05, 4.69) is 41.4 Å². The number of aromatic nitrogens is 3. The molecule has 6 heteroatoms.